The number of aryl methyl sites for hydroxylation is 1. The molecule has 1 atom stereocenters. The molecule has 1 aromatic heterocycles. The Morgan fingerprint density at radius 2 is 2.04 bits per heavy atom. The normalized spacial score (nSPS) is 11.7. The van der Waals surface area contributed by atoms with Gasteiger partial charge in [0.1, 0.15) is 17.6 Å². The number of ether oxygens (including phenoxy) is 3. The first kappa shape index (κ1) is 20.8. The van der Waals surface area contributed by atoms with Crippen LogP contribution in [0.3, 0.4) is 0 Å². The topological polar surface area (TPSA) is 57.7 Å². The van der Waals surface area contributed by atoms with Crippen molar-refractivity contribution in [2.75, 3.05) is 13.2 Å². The van der Waals surface area contributed by atoms with E-state index in [2.05, 4.69) is 11.9 Å². The van der Waals surface area contributed by atoms with Crippen LogP contribution in [0.5, 0.6) is 11.5 Å². The maximum absolute atomic E-state index is 11.4. The van der Waals surface area contributed by atoms with Crippen LogP contribution < -0.4 is 15.1 Å². The molecule has 0 aliphatic heterocycles. The summed E-state index contributed by atoms with van der Waals surface area (Å²) in [6.07, 6.45) is 2.99. The summed E-state index contributed by atoms with van der Waals surface area (Å²) < 4.78 is 16.7. The van der Waals surface area contributed by atoms with Gasteiger partial charge in [-0.15, -0.1) is 0 Å². The van der Waals surface area contributed by atoms with E-state index in [9.17, 15) is 4.79 Å². The Morgan fingerprint density at radius 1 is 1.22 bits per heavy atom. The second kappa shape index (κ2) is 10.6. The van der Waals surface area contributed by atoms with Crippen LogP contribution in [0.1, 0.15) is 50.5 Å². The van der Waals surface area contributed by atoms with Crippen LogP contribution in [0.25, 0.3) is 0 Å². The molecule has 0 amide bonds. The molecule has 2 rings (SSSR count). The Bertz CT molecular complexity index is 751. The molecule has 27 heavy (non-hydrogen) atoms. The van der Waals surface area contributed by atoms with Crippen molar-refractivity contribution in [2.45, 2.75) is 46.1 Å². The summed E-state index contributed by atoms with van der Waals surface area (Å²) in [5.41, 5.74) is 2.84. The van der Waals surface area contributed by atoms with Crippen molar-refractivity contribution in [3.05, 3.63) is 47.7 Å². The number of benzene rings is 1. The van der Waals surface area contributed by atoms with Crippen LogP contribution in [-0.2, 0) is 9.53 Å². The average Bonchev–Trinajstić information content (AvgIpc) is 2.64. The molecular formula is C21H28BNO4. The Morgan fingerprint density at radius 3 is 2.70 bits per heavy atom. The third-order valence-corrected chi connectivity index (χ3v) is 4.14. The third-order valence-electron chi connectivity index (χ3n) is 4.14. The van der Waals surface area contributed by atoms with Gasteiger partial charge in [-0.2, -0.15) is 0 Å². The van der Waals surface area contributed by atoms with Crippen molar-refractivity contribution >= 4 is 19.4 Å². The lowest BCUT2D eigenvalue weighted by atomic mass is 10.0. The highest BCUT2D eigenvalue weighted by atomic mass is 16.6. The van der Waals surface area contributed by atoms with Crippen LogP contribution in [0.2, 0.25) is 0 Å². The minimum atomic E-state index is -0.373. The second-order valence-electron chi connectivity index (χ2n) is 6.47. The monoisotopic (exact) mass is 369 g/mol. The molecule has 0 radical (unpaired) electrons. The van der Waals surface area contributed by atoms with E-state index >= 15 is 0 Å². The third kappa shape index (κ3) is 6.63. The second-order valence-corrected chi connectivity index (χ2v) is 6.47. The van der Waals surface area contributed by atoms with Crippen LogP contribution in [0, 0.1) is 6.92 Å². The van der Waals surface area contributed by atoms with Gasteiger partial charge < -0.3 is 14.2 Å². The molecule has 0 fully saturated rings. The van der Waals surface area contributed by atoms with Crippen LogP contribution in [0.4, 0.5) is 0 Å². The molecule has 5 nitrogen and oxygen atoms in total. The number of pyridine rings is 1. The molecule has 0 aliphatic rings. The molecule has 1 unspecified atom stereocenters. The Hall–Kier alpha value is -2.50. The average molecular weight is 369 g/mol. The van der Waals surface area contributed by atoms with E-state index in [1.807, 2.05) is 51.2 Å². The molecular weight excluding hydrogens is 341 g/mol. The highest BCUT2D eigenvalue weighted by Crippen LogP contribution is 2.29. The first-order valence-electron chi connectivity index (χ1n) is 9.52. The fraction of sp³-hybridized carbons (Fsp3) is 0.429. The number of rotatable bonds is 10. The van der Waals surface area contributed by atoms with E-state index in [1.165, 1.54) is 0 Å². The number of nitrogens with zero attached hydrogens (tertiary/aromatic N) is 1. The summed E-state index contributed by atoms with van der Waals surface area (Å²) in [7, 11) is 1.99. The Labute approximate surface area is 162 Å². The summed E-state index contributed by atoms with van der Waals surface area (Å²) in [5, 5.41) is 0. The van der Waals surface area contributed by atoms with E-state index in [4.69, 9.17) is 14.2 Å². The van der Waals surface area contributed by atoms with Gasteiger partial charge in [0.25, 0.3) is 0 Å². The molecule has 2 aromatic rings. The molecule has 6 heteroatoms. The maximum atomic E-state index is 11.4. The summed E-state index contributed by atoms with van der Waals surface area (Å²) >= 11 is 0. The van der Waals surface area contributed by atoms with Gasteiger partial charge in [-0.25, -0.2) is 4.79 Å². The summed E-state index contributed by atoms with van der Waals surface area (Å²) in [5.74, 6) is 1.04. The number of unbranched alkanes of at least 4 members (excludes halogenated alkanes) is 1. The number of hydrogen-bond acceptors (Lipinski definition) is 5. The van der Waals surface area contributed by atoms with Crippen molar-refractivity contribution in [3.63, 3.8) is 0 Å². The summed E-state index contributed by atoms with van der Waals surface area (Å²) in [6.45, 7) is 6.12. The van der Waals surface area contributed by atoms with Crippen molar-refractivity contribution in [3.8, 4) is 11.5 Å². The number of carbonyl (C=O) groups is 1. The van der Waals surface area contributed by atoms with Gasteiger partial charge in [0, 0.05) is 0 Å². The lowest BCUT2D eigenvalue weighted by Gasteiger charge is -2.20. The smallest absolute Gasteiger partial charge is 0.344 e. The van der Waals surface area contributed by atoms with E-state index in [0.29, 0.717) is 12.4 Å². The van der Waals surface area contributed by atoms with Gasteiger partial charge in [0.15, 0.2) is 14.5 Å². The van der Waals surface area contributed by atoms with E-state index in [-0.39, 0.29) is 18.7 Å². The summed E-state index contributed by atoms with van der Waals surface area (Å²) in [4.78, 5) is 16.1. The SMILES string of the molecule is Bc1cccc(C(CCCC)Oc2ccc(OCC(=O)OCC)c(C)c2)n1. The molecule has 0 N–H and O–H groups in total. The predicted molar refractivity (Wildman–Crippen MR) is 109 cm³/mol. The van der Waals surface area contributed by atoms with Crippen LogP contribution in [0.15, 0.2) is 36.4 Å². The van der Waals surface area contributed by atoms with Crippen molar-refractivity contribution in [1.29, 1.82) is 0 Å². The van der Waals surface area contributed by atoms with Gasteiger partial charge in [-0.3, -0.25) is 4.98 Å². The van der Waals surface area contributed by atoms with Gasteiger partial charge in [0.2, 0.25) is 0 Å². The first-order chi connectivity index (χ1) is 13.0. The van der Waals surface area contributed by atoms with Crippen molar-refractivity contribution < 1.29 is 19.0 Å². The van der Waals surface area contributed by atoms with E-state index in [0.717, 1.165) is 41.9 Å². The lowest BCUT2D eigenvalue weighted by Crippen LogP contribution is -2.16. The predicted octanol–water partition coefficient (Wildman–Crippen LogP) is 2.90. The molecule has 0 spiro atoms. The van der Waals surface area contributed by atoms with Crippen molar-refractivity contribution in [1.82, 2.24) is 4.98 Å². The maximum Gasteiger partial charge on any atom is 0.344 e. The molecule has 1 aromatic carbocycles. The zero-order valence-electron chi connectivity index (χ0n) is 16.7. The Kier molecular flexibility index (Phi) is 8.17. The molecule has 0 bridgehead atoms. The first-order valence-corrected chi connectivity index (χ1v) is 9.52. The van der Waals surface area contributed by atoms with E-state index < -0.39 is 0 Å². The van der Waals surface area contributed by atoms with Gasteiger partial charge in [-0.05, 0) is 62.1 Å². The lowest BCUT2D eigenvalue weighted by molar-refractivity contribution is -0.145. The molecule has 144 valence electrons. The number of hydrogen-bond donors (Lipinski definition) is 0. The fourth-order valence-electron chi connectivity index (χ4n) is 2.76. The highest BCUT2D eigenvalue weighted by Gasteiger charge is 2.16. The van der Waals surface area contributed by atoms with Crippen molar-refractivity contribution in [2.24, 2.45) is 0 Å². The van der Waals surface area contributed by atoms with Gasteiger partial charge in [0.05, 0.1) is 12.3 Å². The van der Waals surface area contributed by atoms with Gasteiger partial charge >= 0.3 is 5.97 Å². The Balaban J connectivity index is 2.08. The zero-order chi connectivity index (χ0) is 19.6. The minimum absolute atomic E-state index is 0.0875. The quantitative estimate of drug-likeness (QED) is 0.476. The standard InChI is InChI=1S/C21H28BNO4/c1-4-6-9-19(17-8-7-10-20(22)23-17)27-16-11-12-18(15(3)13-16)26-14-21(24)25-5-2/h7-8,10-13,19H,4-6,9,14,22H2,1-3H3. The highest BCUT2D eigenvalue weighted by molar-refractivity contribution is 6.30. The molecule has 1 heterocycles. The van der Waals surface area contributed by atoms with E-state index in [1.54, 1.807) is 6.92 Å². The number of carbonyl (C=O) groups excluding carboxylic acids is 1. The molecule has 0 saturated heterocycles. The molecule has 0 aliphatic carbocycles. The largest absolute Gasteiger partial charge is 0.484 e. The fourth-order valence-corrected chi connectivity index (χ4v) is 2.76. The number of aromatic nitrogens is 1. The summed E-state index contributed by atoms with van der Waals surface area (Å²) in [6, 6.07) is 11.6. The van der Waals surface area contributed by atoms with Gasteiger partial charge in [-0.1, -0.05) is 25.5 Å². The van der Waals surface area contributed by atoms with Crippen LogP contribution in [-0.4, -0.2) is 32.0 Å². The van der Waals surface area contributed by atoms with Crippen LogP contribution >= 0.6 is 0 Å². The zero-order valence-corrected chi connectivity index (χ0v) is 16.7. The minimum Gasteiger partial charge on any atom is -0.484 e. The molecule has 0 saturated carbocycles. The number of esters is 1.